The molecule has 12 nitrogen and oxygen atoms in total. The maximum absolute atomic E-state index is 9.99. The van der Waals surface area contributed by atoms with Crippen molar-refractivity contribution in [2.45, 2.75) is 170 Å². The fourth-order valence-corrected chi connectivity index (χ4v) is 19.5. The second-order valence-corrected chi connectivity index (χ2v) is 33.7. The zero-order valence-electron chi connectivity index (χ0n) is 74.9. The summed E-state index contributed by atoms with van der Waals surface area (Å²) in [5.41, 5.74) is 30.1. The molecule has 6 atom stereocenters. The van der Waals surface area contributed by atoms with Crippen molar-refractivity contribution in [1.29, 1.82) is 0 Å². The van der Waals surface area contributed by atoms with Gasteiger partial charge in [-0.15, -0.1) is 0 Å². The topological polar surface area (TPSA) is 144 Å². The highest BCUT2D eigenvalue weighted by Gasteiger charge is 2.36. The van der Waals surface area contributed by atoms with Gasteiger partial charge in [0.05, 0.1) is 0 Å². The summed E-state index contributed by atoms with van der Waals surface area (Å²) in [6.07, 6.45) is 14.6. The van der Waals surface area contributed by atoms with Crippen LogP contribution in [0.1, 0.15) is 204 Å². The van der Waals surface area contributed by atoms with Crippen LogP contribution in [-0.2, 0) is 95.9 Å². The standard InChI is InChI=1S/C34H34O3.3C27H30O3/c1-35-33(36-2)22-15-25-13-16-28(17-14-25)34-31(27-11-7-4-8-12-27)20-18-29-23-30(19-21-32(29)34)37-24-26-9-5-3-6-10-26;3*1-29-26(30-2)17-10-19-8-11-21(12-9-19)27-24(20-6-4-3-5-7-20)15-13-22-18-23(28)14-16-25(22)27/h3-14,16-17,19,21,23,33H,15,18,20,22,24H2,1-2H3;3*3-9,11-12,14,16,18,24,26-28H,10,13,15,17H2,1-2H3/t;3*24-,27+/m.110/s1. The number of allylic oxidation sites excluding steroid dienone is 1. The molecule has 0 aliphatic heterocycles. The molecule has 0 saturated carbocycles. The normalized spacial score (nSPS) is 16.8. The highest BCUT2D eigenvalue weighted by Crippen LogP contribution is 2.51. The Kier molecular flexibility index (Phi) is 33.4. The average Bonchev–Trinajstić information content (AvgIpc) is 0.812. The van der Waals surface area contributed by atoms with E-state index >= 15 is 0 Å². The summed E-state index contributed by atoms with van der Waals surface area (Å²) in [7, 11) is 13.5. The molecule has 3 N–H and O–H groups in total. The molecule has 0 amide bonds. The van der Waals surface area contributed by atoms with Gasteiger partial charge in [-0.2, -0.15) is 0 Å². The lowest BCUT2D eigenvalue weighted by Gasteiger charge is -2.35. The van der Waals surface area contributed by atoms with Crippen LogP contribution in [0.2, 0.25) is 0 Å². The van der Waals surface area contributed by atoms with Crippen molar-refractivity contribution in [2.24, 2.45) is 0 Å². The average molecular weight is 1700 g/mol. The van der Waals surface area contributed by atoms with Crippen LogP contribution >= 0.6 is 0 Å². The van der Waals surface area contributed by atoms with Gasteiger partial charge in [0, 0.05) is 100 Å². The Morgan fingerprint density at radius 1 is 0.268 bits per heavy atom. The van der Waals surface area contributed by atoms with E-state index in [2.05, 4.69) is 267 Å². The zero-order chi connectivity index (χ0) is 88.2. The first-order chi connectivity index (χ1) is 62.3. The van der Waals surface area contributed by atoms with E-state index in [1.807, 2.05) is 54.6 Å². The van der Waals surface area contributed by atoms with Gasteiger partial charge < -0.3 is 58.0 Å². The number of rotatable bonds is 31. The molecule has 656 valence electrons. The van der Waals surface area contributed by atoms with Crippen LogP contribution in [0.15, 0.2) is 322 Å². The van der Waals surface area contributed by atoms with Crippen LogP contribution in [0.25, 0.3) is 11.1 Å². The van der Waals surface area contributed by atoms with Crippen LogP contribution in [0, 0.1) is 0 Å². The number of phenols is 3. The molecule has 0 heterocycles. The molecule has 0 radical (unpaired) electrons. The maximum atomic E-state index is 9.99. The highest BCUT2D eigenvalue weighted by molar-refractivity contribution is 6.01. The van der Waals surface area contributed by atoms with Crippen LogP contribution in [0.3, 0.4) is 0 Å². The Hall–Kier alpha value is -11.5. The summed E-state index contributed by atoms with van der Waals surface area (Å²) in [6, 6.07) is 114. The first-order valence-corrected chi connectivity index (χ1v) is 45.1. The Bertz CT molecular complexity index is 5160. The zero-order valence-corrected chi connectivity index (χ0v) is 74.9. The first kappa shape index (κ1) is 91.7. The predicted molar refractivity (Wildman–Crippen MR) is 511 cm³/mol. The van der Waals surface area contributed by atoms with E-state index in [0.29, 0.717) is 41.6 Å². The minimum Gasteiger partial charge on any atom is -0.508 e. The van der Waals surface area contributed by atoms with E-state index in [-0.39, 0.29) is 42.9 Å². The number of hydrogen-bond donors (Lipinski definition) is 3. The summed E-state index contributed by atoms with van der Waals surface area (Å²) in [6.45, 7) is 0.575. The monoisotopic (exact) mass is 1700 g/mol. The number of aromatic hydroxyl groups is 3. The predicted octanol–water partition coefficient (Wildman–Crippen LogP) is 25.1. The van der Waals surface area contributed by atoms with Gasteiger partial charge >= 0.3 is 0 Å². The SMILES string of the molecule is COC(CCc1ccc(C2=C(c3ccccc3)CCc3cc(OCc4ccccc4)ccc32)cc1)OC.COC(CCc1ccc([C@@H]2c3ccc(O)cc3CC[C@@H]2c2ccccc2)cc1)OC.COC(CCc1ccc([C@@H]2c3ccc(O)cc3CC[C@@H]2c2ccccc2)cc1)OC.COC(CCc1ccc([C@H]2c3ccc(O)cc3CC[C@H]2c2ccccc2)cc1)OC. The number of aryl methyl sites for hydroxylation is 8. The second-order valence-electron chi connectivity index (χ2n) is 33.7. The van der Waals surface area contributed by atoms with Crippen LogP contribution in [-0.4, -0.2) is 97.4 Å². The molecule has 17 rings (SSSR count). The molecule has 0 aromatic heterocycles. The summed E-state index contributed by atoms with van der Waals surface area (Å²) >= 11 is 0. The quantitative estimate of drug-likeness (QED) is 0.0356. The van der Waals surface area contributed by atoms with E-state index in [1.54, 1.807) is 56.9 Å². The molecule has 0 bridgehead atoms. The Morgan fingerprint density at radius 2 is 0.583 bits per heavy atom. The van der Waals surface area contributed by atoms with Gasteiger partial charge in [-0.1, -0.05) is 273 Å². The molecule has 0 fully saturated rings. The molecule has 0 saturated heterocycles. The van der Waals surface area contributed by atoms with Crippen molar-refractivity contribution in [3.05, 3.63) is 438 Å². The highest BCUT2D eigenvalue weighted by atomic mass is 16.7. The van der Waals surface area contributed by atoms with Gasteiger partial charge in [0.1, 0.15) is 29.6 Å². The fraction of sp³-hybridized carbons (Fsp3) is 0.304. The number of phenolic OH excluding ortho intramolecular Hbond substituents is 3. The first-order valence-electron chi connectivity index (χ1n) is 45.1. The van der Waals surface area contributed by atoms with Gasteiger partial charge in [-0.25, -0.2) is 0 Å². The summed E-state index contributed by atoms with van der Waals surface area (Å²) in [5, 5.41) is 30.0. The lowest BCUT2D eigenvalue weighted by molar-refractivity contribution is -0.105. The van der Waals surface area contributed by atoms with Gasteiger partial charge in [-0.05, 0) is 271 Å². The molecule has 127 heavy (non-hydrogen) atoms. The summed E-state index contributed by atoms with van der Waals surface area (Å²) < 4.78 is 48.7. The number of hydrogen-bond acceptors (Lipinski definition) is 12. The van der Waals surface area contributed by atoms with Gasteiger partial charge in [0.2, 0.25) is 0 Å². The van der Waals surface area contributed by atoms with E-state index in [4.69, 9.17) is 42.6 Å². The molecular formula is C115H124O12. The molecule has 0 unspecified atom stereocenters. The van der Waals surface area contributed by atoms with E-state index in [9.17, 15) is 15.3 Å². The number of methoxy groups -OCH3 is 8. The van der Waals surface area contributed by atoms with Crippen molar-refractivity contribution >= 4 is 11.1 Å². The summed E-state index contributed by atoms with van der Waals surface area (Å²) in [5.74, 6) is 4.14. The third-order valence-corrected chi connectivity index (χ3v) is 26.1. The Balaban J connectivity index is 0.000000138. The van der Waals surface area contributed by atoms with Gasteiger partial charge in [0.15, 0.2) is 25.2 Å². The molecule has 13 aromatic carbocycles. The number of ether oxygens (including phenoxy) is 9. The lowest BCUT2D eigenvalue weighted by atomic mass is 9.69. The molecular weight excluding hydrogens is 1570 g/mol. The largest absolute Gasteiger partial charge is 0.508 e. The minimum absolute atomic E-state index is 0.162. The van der Waals surface area contributed by atoms with Gasteiger partial charge in [0.25, 0.3) is 0 Å². The lowest BCUT2D eigenvalue weighted by Crippen LogP contribution is -2.20. The number of benzene rings is 13. The van der Waals surface area contributed by atoms with Gasteiger partial charge in [-0.3, -0.25) is 0 Å². The van der Waals surface area contributed by atoms with Crippen LogP contribution in [0.5, 0.6) is 23.0 Å². The van der Waals surface area contributed by atoms with Crippen molar-refractivity contribution < 1.29 is 58.0 Å². The molecule has 13 aromatic rings. The van der Waals surface area contributed by atoms with Crippen LogP contribution < -0.4 is 4.74 Å². The van der Waals surface area contributed by atoms with Crippen molar-refractivity contribution in [3.8, 4) is 23.0 Å². The molecule has 4 aliphatic rings. The van der Waals surface area contributed by atoms with Crippen molar-refractivity contribution in [3.63, 3.8) is 0 Å². The maximum Gasteiger partial charge on any atom is 0.157 e. The molecule has 12 heteroatoms. The van der Waals surface area contributed by atoms with E-state index in [1.165, 1.54) is 128 Å². The van der Waals surface area contributed by atoms with Crippen molar-refractivity contribution in [2.75, 3.05) is 56.9 Å². The summed E-state index contributed by atoms with van der Waals surface area (Å²) in [4.78, 5) is 0. The van der Waals surface area contributed by atoms with Crippen LogP contribution in [0.4, 0.5) is 0 Å². The molecule has 0 spiro atoms. The second kappa shape index (κ2) is 46.3. The third-order valence-electron chi connectivity index (χ3n) is 26.1. The third kappa shape index (κ3) is 24.0. The van der Waals surface area contributed by atoms with Crippen molar-refractivity contribution in [1.82, 2.24) is 0 Å². The smallest absolute Gasteiger partial charge is 0.157 e. The Labute approximate surface area is 752 Å². The van der Waals surface area contributed by atoms with E-state index in [0.717, 1.165) is 108 Å². The minimum atomic E-state index is -0.171. The number of fused-ring (bicyclic) bond motifs is 4. The molecule has 4 aliphatic carbocycles. The fourth-order valence-electron chi connectivity index (χ4n) is 19.5. The Morgan fingerprint density at radius 3 is 0.913 bits per heavy atom. The van der Waals surface area contributed by atoms with E-state index < -0.39 is 0 Å².